The van der Waals surface area contributed by atoms with Crippen LogP contribution in [-0.4, -0.2) is 30.3 Å². The number of aromatic nitrogens is 1. The van der Waals surface area contributed by atoms with Gasteiger partial charge >= 0.3 is 12.1 Å². The lowest BCUT2D eigenvalue weighted by Gasteiger charge is -2.18. The van der Waals surface area contributed by atoms with Gasteiger partial charge in [0.25, 0.3) is 0 Å². The van der Waals surface area contributed by atoms with Gasteiger partial charge in [0.1, 0.15) is 11.4 Å². The van der Waals surface area contributed by atoms with Crippen molar-refractivity contribution in [3.8, 4) is 0 Å². The summed E-state index contributed by atoms with van der Waals surface area (Å²) in [5, 5.41) is 2.52. The number of nitrogens with one attached hydrogen (secondary N) is 1. The Kier molecular flexibility index (Phi) is 4.57. The molecule has 0 radical (unpaired) electrons. The average Bonchev–Trinajstić information content (AvgIpc) is 2.28. The zero-order valence-corrected chi connectivity index (χ0v) is 10.4. The summed E-state index contributed by atoms with van der Waals surface area (Å²) in [6.07, 6.45) is -4.10. The van der Waals surface area contributed by atoms with Crippen molar-refractivity contribution in [3.63, 3.8) is 0 Å². The number of esters is 1. The molecule has 1 rings (SSSR count). The van der Waals surface area contributed by atoms with E-state index in [1.807, 2.05) is 0 Å². The summed E-state index contributed by atoms with van der Waals surface area (Å²) in [6.45, 7) is 1.34. The molecule has 19 heavy (non-hydrogen) atoms. The van der Waals surface area contributed by atoms with E-state index in [1.54, 1.807) is 0 Å². The molecule has 8 heteroatoms. The highest BCUT2D eigenvalue weighted by atomic mass is 19.4. The Hall–Kier alpha value is -1.99. The highest BCUT2D eigenvalue weighted by molar-refractivity contribution is 5.95. The van der Waals surface area contributed by atoms with Gasteiger partial charge < -0.3 is 15.8 Å². The van der Waals surface area contributed by atoms with Crippen LogP contribution in [0.4, 0.5) is 24.7 Å². The van der Waals surface area contributed by atoms with Crippen molar-refractivity contribution in [1.29, 1.82) is 0 Å². The lowest BCUT2D eigenvalue weighted by molar-refractivity contribution is -0.136. The monoisotopic (exact) mass is 277 g/mol. The molecule has 0 saturated carbocycles. The van der Waals surface area contributed by atoms with Gasteiger partial charge in [0.2, 0.25) is 0 Å². The van der Waals surface area contributed by atoms with Crippen LogP contribution in [0.1, 0.15) is 23.7 Å². The van der Waals surface area contributed by atoms with Crippen molar-refractivity contribution in [3.05, 3.63) is 17.8 Å². The van der Waals surface area contributed by atoms with Crippen LogP contribution in [0.25, 0.3) is 0 Å². The number of rotatable bonds is 4. The van der Waals surface area contributed by atoms with E-state index in [1.165, 1.54) is 19.2 Å². The number of methoxy groups -OCH3 is 1. The molecular weight excluding hydrogens is 263 g/mol. The van der Waals surface area contributed by atoms with Crippen LogP contribution in [0.5, 0.6) is 0 Å². The number of carbonyl (C=O) groups is 1. The fourth-order valence-corrected chi connectivity index (χ4v) is 1.49. The van der Waals surface area contributed by atoms with Crippen LogP contribution >= 0.6 is 0 Å². The van der Waals surface area contributed by atoms with Crippen LogP contribution in [0.3, 0.4) is 0 Å². The van der Waals surface area contributed by atoms with Gasteiger partial charge in [-0.1, -0.05) is 0 Å². The minimum Gasteiger partial charge on any atom is -0.465 e. The maximum atomic E-state index is 12.2. The van der Waals surface area contributed by atoms with Crippen molar-refractivity contribution in [2.24, 2.45) is 0 Å². The Morgan fingerprint density at radius 1 is 1.58 bits per heavy atom. The van der Waals surface area contributed by atoms with Crippen molar-refractivity contribution in [1.82, 2.24) is 4.98 Å². The molecule has 0 aliphatic rings. The fourth-order valence-electron chi connectivity index (χ4n) is 1.49. The third kappa shape index (κ3) is 4.65. The Morgan fingerprint density at radius 2 is 2.21 bits per heavy atom. The highest BCUT2D eigenvalue weighted by Gasteiger charge is 2.30. The Balaban J connectivity index is 2.91. The first-order valence-corrected chi connectivity index (χ1v) is 5.40. The van der Waals surface area contributed by atoms with E-state index in [0.717, 1.165) is 7.11 Å². The molecule has 0 bridgehead atoms. The molecule has 1 aromatic heterocycles. The molecular formula is C11H14F3N3O2. The maximum absolute atomic E-state index is 12.2. The van der Waals surface area contributed by atoms with Crippen molar-refractivity contribution in [2.75, 3.05) is 18.2 Å². The summed E-state index contributed by atoms with van der Waals surface area (Å²) in [5.74, 6) is -0.709. The van der Waals surface area contributed by atoms with Crippen molar-refractivity contribution < 1.29 is 22.7 Å². The second kappa shape index (κ2) is 5.77. The number of hydrogen-bond donors (Lipinski definition) is 2. The molecule has 1 aromatic rings. The van der Waals surface area contributed by atoms with Gasteiger partial charge in [0, 0.05) is 6.04 Å². The molecule has 1 unspecified atom stereocenters. The second-order valence-corrected chi connectivity index (χ2v) is 4.02. The lowest BCUT2D eigenvalue weighted by atomic mass is 10.2. The SMILES string of the molecule is COC(=O)c1cc(N)cnc1NC(C)CC(F)(F)F. The van der Waals surface area contributed by atoms with E-state index in [2.05, 4.69) is 15.0 Å². The molecule has 0 amide bonds. The number of carbonyl (C=O) groups excluding carboxylic acids is 1. The van der Waals surface area contributed by atoms with Gasteiger partial charge in [-0.05, 0) is 13.0 Å². The molecule has 3 N–H and O–H groups in total. The molecule has 0 aliphatic carbocycles. The number of nitrogens with two attached hydrogens (primary N) is 1. The largest absolute Gasteiger partial charge is 0.465 e. The van der Waals surface area contributed by atoms with Crippen LogP contribution in [0.15, 0.2) is 12.3 Å². The smallest absolute Gasteiger partial charge is 0.391 e. The van der Waals surface area contributed by atoms with Crippen LogP contribution in [0.2, 0.25) is 0 Å². The van der Waals surface area contributed by atoms with Gasteiger partial charge in [0.15, 0.2) is 0 Å². The Bertz CT molecular complexity index is 463. The molecule has 0 fully saturated rings. The summed E-state index contributed by atoms with van der Waals surface area (Å²) in [4.78, 5) is 15.3. The third-order valence-corrected chi connectivity index (χ3v) is 2.23. The van der Waals surface area contributed by atoms with E-state index < -0.39 is 24.6 Å². The van der Waals surface area contributed by atoms with Gasteiger partial charge in [-0.3, -0.25) is 0 Å². The molecule has 106 valence electrons. The molecule has 0 aromatic carbocycles. The van der Waals surface area contributed by atoms with Crippen LogP contribution in [0, 0.1) is 0 Å². The van der Waals surface area contributed by atoms with E-state index in [0.29, 0.717) is 0 Å². The second-order valence-electron chi connectivity index (χ2n) is 4.02. The van der Waals surface area contributed by atoms with Crippen LogP contribution in [-0.2, 0) is 4.74 Å². The molecule has 0 saturated heterocycles. The van der Waals surface area contributed by atoms with Crippen molar-refractivity contribution in [2.45, 2.75) is 25.6 Å². The topological polar surface area (TPSA) is 77.2 Å². The van der Waals surface area contributed by atoms with Crippen LogP contribution < -0.4 is 11.1 Å². The van der Waals surface area contributed by atoms with Crippen molar-refractivity contribution >= 4 is 17.5 Å². The molecule has 1 heterocycles. The lowest BCUT2D eigenvalue weighted by Crippen LogP contribution is -2.25. The predicted molar refractivity (Wildman–Crippen MR) is 63.7 cm³/mol. The number of pyridine rings is 1. The quantitative estimate of drug-likeness (QED) is 0.825. The Labute approximate surface area is 108 Å². The number of nitrogen functional groups attached to an aromatic ring is 1. The third-order valence-electron chi connectivity index (χ3n) is 2.23. The van der Waals surface area contributed by atoms with E-state index >= 15 is 0 Å². The normalized spacial score (nSPS) is 12.9. The van der Waals surface area contributed by atoms with E-state index in [9.17, 15) is 18.0 Å². The first-order chi connectivity index (χ1) is 8.73. The average molecular weight is 277 g/mol. The van der Waals surface area contributed by atoms with Gasteiger partial charge in [0.05, 0.1) is 25.4 Å². The zero-order valence-electron chi connectivity index (χ0n) is 10.4. The fraction of sp³-hybridized carbons (Fsp3) is 0.455. The maximum Gasteiger partial charge on any atom is 0.391 e. The minimum atomic E-state index is -4.30. The molecule has 0 spiro atoms. The number of nitrogens with zero attached hydrogens (tertiary/aromatic N) is 1. The summed E-state index contributed by atoms with van der Waals surface area (Å²) in [5.41, 5.74) is 5.69. The summed E-state index contributed by atoms with van der Waals surface area (Å²) >= 11 is 0. The van der Waals surface area contributed by atoms with Gasteiger partial charge in [-0.15, -0.1) is 0 Å². The predicted octanol–water partition coefficient (Wildman–Crippen LogP) is 2.20. The zero-order chi connectivity index (χ0) is 14.6. The van der Waals surface area contributed by atoms with Gasteiger partial charge in [-0.25, -0.2) is 9.78 Å². The molecule has 1 atom stereocenters. The first-order valence-electron chi connectivity index (χ1n) is 5.40. The highest BCUT2D eigenvalue weighted by Crippen LogP contribution is 2.24. The summed E-state index contributed by atoms with van der Waals surface area (Å²) in [6, 6.07) is 0.362. The van der Waals surface area contributed by atoms with E-state index in [-0.39, 0.29) is 17.1 Å². The number of halogens is 3. The summed E-state index contributed by atoms with van der Waals surface area (Å²) in [7, 11) is 1.16. The molecule has 0 aliphatic heterocycles. The standard InChI is InChI=1S/C11H14F3N3O2/c1-6(4-11(12,13)14)17-9-8(10(18)19-2)3-7(15)5-16-9/h3,5-6H,4,15H2,1-2H3,(H,16,17). The van der Waals surface area contributed by atoms with Gasteiger partial charge in [-0.2, -0.15) is 13.2 Å². The number of alkyl halides is 3. The van der Waals surface area contributed by atoms with E-state index in [4.69, 9.17) is 5.73 Å². The number of anilines is 2. The summed E-state index contributed by atoms with van der Waals surface area (Å²) < 4.78 is 41.2. The number of hydrogen-bond acceptors (Lipinski definition) is 5. The first kappa shape index (κ1) is 15.1. The number of ether oxygens (including phenoxy) is 1. The Morgan fingerprint density at radius 3 is 2.74 bits per heavy atom. The minimum absolute atomic E-state index is 0.00322. The molecule has 5 nitrogen and oxygen atoms in total.